The third-order valence-electron chi connectivity index (χ3n) is 4.20. The van der Waals surface area contributed by atoms with Crippen LogP contribution in [0.25, 0.3) is 0 Å². The molecule has 2 rings (SSSR count). The van der Waals surface area contributed by atoms with Gasteiger partial charge in [0.15, 0.2) is 0 Å². The molecule has 0 bridgehead atoms. The van der Waals surface area contributed by atoms with Crippen LogP contribution in [0.5, 0.6) is 0 Å². The van der Waals surface area contributed by atoms with E-state index in [1.807, 2.05) is 6.07 Å². The average Bonchev–Trinajstić information content (AvgIpc) is 3.10. The van der Waals surface area contributed by atoms with Crippen LogP contribution in [0.2, 0.25) is 0 Å². The first-order valence-electron chi connectivity index (χ1n) is 8.17. The zero-order chi connectivity index (χ0) is 15.1. The third-order valence-corrected chi connectivity index (χ3v) is 4.20. The molecule has 1 aliphatic heterocycles. The van der Waals surface area contributed by atoms with Gasteiger partial charge in [-0.3, -0.25) is 4.90 Å². The highest BCUT2D eigenvalue weighted by Gasteiger charge is 2.36. The van der Waals surface area contributed by atoms with Crippen LogP contribution in [0.1, 0.15) is 33.0 Å². The van der Waals surface area contributed by atoms with Gasteiger partial charge in [-0.15, -0.1) is 0 Å². The van der Waals surface area contributed by atoms with Crippen molar-refractivity contribution >= 4 is 0 Å². The van der Waals surface area contributed by atoms with E-state index in [1.165, 1.54) is 0 Å². The number of rotatable bonds is 9. The molecule has 120 valence electrons. The molecule has 4 nitrogen and oxygen atoms in total. The molecular formula is C17H30N2O2. The monoisotopic (exact) mass is 294 g/mol. The highest BCUT2D eigenvalue weighted by atomic mass is 16.5. The topological polar surface area (TPSA) is 37.6 Å². The Morgan fingerprint density at radius 2 is 2.29 bits per heavy atom. The summed E-state index contributed by atoms with van der Waals surface area (Å²) in [5, 5.41) is 3.63. The van der Waals surface area contributed by atoms with Crippen molar-refractivity contribution in [2.24, 2.45) is 11.3 Å². The maximum atomic E-state index is 5.71. The van der Waals surface area contributed by atoms with Crippen molar-refractivity contribution in [1.29, 1.82) is 0 Å². The van der Waals surface area contributed by atoms with Gasteiger partial charge in [0.05, 0.1) is 19.4 Å². The highest BCUT2D eigenvalue weighted by Crippen LogP contribution is 2.29. The molecule has 21 heavy (non-hydrogen) atoms. The quantitative estimate of drug-likeness (QED) is 0.760. The van der Waals surface area contributed by atoms with Crippen LogP contribution in [-0.4, -0.2) is 44.3 Å². The van der Waals surface area contributed by atoms with Crippen LogP contribution >= 0.6 is 0 Å². The number of furan rings is 1. The van der Waals surface area contributed by atoms with Crippen LogP contribution < -0.4 is 5.32 Å². The second kappa shape index (κ2) is 7.97. The van der Waals surface area contributed by atoms with E-state index < -0.39 is 0 Å². The molecule has 0 radical (unpaired) electrons. The second-order valence-corrected chi connectivity index (χ2v) is 6.71. The summed E-state index contributed by atoms with van der Waals surface area (Å²) in [5.41, 5.74) is 0.248. The van der Waals surface area contributed by atoms with E-state index in [4.69, 9.17) is 9.15 Å². The van der Waals surface area contributed by atoms with Gasteiger partial charge in [-0.25, -0.2) is 0 Å². The van der Waals surface area contributed by atoms with Crippen LogP contribution in [-0.2, 0) is 11.3 Å². The summed E-state index contributed by atoms with van der Waals surface area (Å²) in [5.74, 6) is 1.73. The summed E-state index contributed by atoms with van der Waals surface area (Å²) >= 11 is 0. The number of nitrogens with zero attached hydrogens (tertiary/aromatic N) is 1. The third kappa shape index (κ3) is 5.13. The van der Waals surface area contributed by atoms with Crippen molar-refractivity contribution in [3.05, 3.63) is 24.2 Å². The summed E-state index contributed by atoms with van der Waals surface area (Å²) in [6.45, 7) is 13.6. The fraction of sp³-hybridized carbons (Fsp3) is 0.765. The molecule has 0 saturated carbocycles. The van der Waals surface area contributed by atoms with Crippen molar-refractivity contribution in [3.8, 4) is 0 Å². The van der Waals surface area contributed by atoms with Crippen LogP contribution in [0, 0.1) is 11.3 Å². The molecule has 1 aliphatic rings. The predicted molar refractivity (Wildman–Crippen MR) is 85.2 cm³/mol. The molecule has 1 N–H and O–H groups in total. The Morgan fingerprint density at radius 1 is 1.43 bits per heavy atom. The lowest BCUT2D eigenvalue weighted by Gasteiger charge is -2.34. The molecule has 0 aliphatic carbocycles. The van der Waals surface area contributed by atoms with E-state index in [2.05, 4.69) is 37.1 Å². The fourth-order valence-electron chi connectivity index (χ4n) is 2.97. The van der Waals surface area contributed by atoms with Crippen molar-refractivity contribution in [2.45, 2.75) is 33.7 Å². The molecule has 4 heteroatoms. The Bertz CT molecular complexity index is 384. The van der Waals surface area contributed by atoms with Crippen molar-refractivity contribution in [2.75, 3.05) is 39.4 Å². The maximum absolute atomic E-state index is 5.71. The first kappa shape index (κ1) is 16.5. The first-order chi connectivity index (χ1) is 10.1. The molecule has 1 unspecified atom stereocenters. The van der Waals surface area contributed by atoms with E-state index in [1.54, 1.807) is 6.26 Å². The molecule has 1 fully saturated rings. The summed E-state index contributed by atoms with van der Waals surface area (Å²) in [4.78, 5) is 2.46. The normalized spacial score (nSPS) is 22.5. The number of ether oxygens (including phenoxy) is 1. The van der Waals surface area contributed by atoms with E-state index in [-0.39, 0.29) is 5.41 Å². The van der Waals surface area contributed by atoms with E-state index in [9.17, 15) is 0 Å². The largest absolute Gasteiger partial charge is 0.468 e. The van der Waals surface area contributed by atoms with Gasteiger partial charge < -0.3 is 14.5 Å². The maximum Gasteiger partial charge on any atom is 0.117 e. The Kier molecular flexibility index (Phi) is 6.27. The fourth-order valence-corrected chi connectivity index (χ4v) is 2.97. The van der Waals surface area contributed by atoms with Gasteiger partial charge in [0, 0.05) is 25.1 Å². The van der Waals surface area contributed by atoms with Crippen molar-refractivity contribution in [3.63, 3.8) is 0 Å². The summed E-state index contributed by atoms with van der Waals surface area (Å²) in [6, 6.07) is 4.01. The lowest BCUT2D eigenvalue weighted by Crippen LogP contribution is -2.45. The molecular weight excluding hydrogens is 264 g/mol. The van der Waals surface area contributed by atoms with E-state index >= 15 is 0 Å². The van der Waals surface area contributed by atoms with Gasteiger partial charge in [0.2, 0.25) is 0 Å². The van der Waals surface area contributed by atoms with Crippen molar-refractivity contribution in [1.82, 2.24) is 10.2 Å². The summed E-state index contributed by atoms with van der Waals surface area (Å²) in [6.07, 6.45) is 2.90. The molecule has 1 aromatic rings. The second-order valence-electron chi connectivity index (χ2n) is 6.71. The molecule has 1 aromatic heterocycles. The Morgan fingerprint density at radius 3 is 2.86 bits per heavy atom. The minimum absolute atomic E-state index is 0.248. The van der Waals surface area contributed by atoms with Gasteiger partial charge in [0.1, 0.15) is 5.76 Å². The smallest absolute Gasteiger partial charge is 0.117 e. The Balaban J connectivity index is 1.90. The van der Waals surface area contributed by atoms with Gasteiger partial charge in [-0.2, -0.15) is 0 Å². The van der Waals surface area contributed by atoms with Gasteiger partial charge >= 0.3 is 0 Å². The zero-order valence-corrected chi connectivity index (χ0v) is 13.7. The summed E-state index contributed by atoms with van der Waals surface area (Å²) < 4.78 is 11.2. The predicted octanol–water partition coefficient (Wildman–Crippen LogP) is 2.75. The molecule has 0 amide bonds. The Labute approximate surface area is 128 Å². The molecule has 2 heterocycles. The molecule has 1 atom stereocenters. The highest BCUT2D eigenvalue weighted by molar-refractivity contribution is 4.99. The van der Waals surface area contributed by atoms with E-state index in [0.29, 0.717) is 5.92 Å². The minimum Gasteiger partial charge on any atom is -0.468 e. The SMILES string of the molecule is CCN(Cc1ccco1)CC1(CNCC(C)C)CCOC1. The van der Waals surface area contributed by atoms with Gasteiger partial charge in [0.25, 0.3) is 0 Å². The first-order valence-corrected chi connectivity index (χ1v) is 8.17. The zero-order valence-electron chi connectivity index (χ0n) is 13.7. The number of hydrogen-bond donors (Lipinski definition) is 1. The average molecular weight is 294 g/mol. The summed E-state index contributed by atoms with van der Waals surface area (Å²) in [7, 11) is 0. The molecule has 0 aromatic carbocycles. The number of hydrogen-bond acceptors (Lipinski definition) is 4. The van der Waals surface area contributed by atoms with E-state index in [0.717, 1.165) is 58.1 Å². The van der Waals surface area contributed by atoms with Gasteiger partial charge in [-0.05, 0) is 37.6 Å². The van der Waals surface area contributed by atoms with Crippen LogP contribution in [0.15, 0.2) is 22.8 Å². The lowest BCUT2D eigenvalue weighted by atomic mass is 9.86. The lowest BCUT2D eigenvalue weighted by molar-refractivity contribution is 0.103. The Hall–Kier alpha value is -0.840. The standard InChI is InChI=1S/C17H30N2O2/c1-4-19(11-16-6-5-8-21-16)13-17(7-9-20-14-17)12-18-10-15(2)3/h5-6,8,15,18H,4,7,9-14H2,1-3H3. The van der Waals surface area contributed by atoms with Crippen molar-refractivity contribution < 1.29 is 9.15 Å². The van der Waals surface area contributed by atoms with Crippen LogP contribution in [0.3, 0.4) is 0 Å². The van der Waals surface area contributed by atoms with Gasteiger partial charge in [-0.1, -0.05) is 20.8 Å². The van der Waals surface area contributed by atoms with Crippen LogP contribution in [0.4, 0.5) is 0 Å². The minimum atomic E-state index is 0.248. The molecule has 1 saturated heterocycles. The number of nitrogens with one attached hydrogen (secondary N) is 1. The molecule has 0 spiro atoms.